The van der Waals surface area contributed by atoms with Crippen LogP contribution in [0.4, 0.5) is 0 Å². The van der Waals surface area contributed by atoms with Crippen LogP contribution in [0.2, 0.25) is 0 Å². The van der Waals surface area contributed by atoms with Crippen LogP contribution in [0, 0.1) is 6.92 Å². The summed E-state index contributed by atoms with van der Waals surface area (Å²) in [7, 11) is 0. The number of hydrogen-bond donors (Lipinski definition) is 3. The Morgan fingerprint density at radius 2 is 1.10 bits per heavy atom. The fourth-order valence-corrected chi connectivity index (χ4v) is 10.0. The Morgan fingerprint density at radius 1 is 0.612 bits per heavy atom. The summed E-state index contributed by atoms with van der Waals surface area (Å²) in [5.74, 6) is 3.20. The zero-order chi connectivity index (χ0) is 46.4. The molecule has 2 fully saturated rings. The van der Waals surface area contributed by atoms with Crippen LogP contribution in [0.15, 0.2) is 136 Å². The zero-order valence-corrected chi connectivity index (χ0v) is 38.8. The fourth-order valence-electron chi connectivity index (χ4n) is 10.0. The number of carbonyl (C=O) groups excluding carboxylic acids is 1. The van der Waals surface area contributed by atoms with E-state index in [0.717, 1.165) is 68.2 Å². The number of fused-ring (bicyclic) bond motifs is 4. The average molecular weight is 903 g/mol. The van der Waals surface area contributed by atoms with Gasteiger partial charge in [0.15, 0.2) is 11.5 Å². The summed E-state index contributed by atoms with van der Waals surface area (Å²) in [6.07, 6.45) is 2.55. The summed E-state index contributed by atoms with van der Waals surface area (Å²) in [5.41, 5.74) is 4.92. The summed E-state index contributed by atoms with van der Waals surface area (Å²) in [4.78, 5) is 16.5. The third kappa shape index (κ3) is 10.9. The smallest absolute Gasteiger partial charge is 0.195 e. The summed E-state index contributed by atoms with van der Waals surface area (Å²) in [6, 6.07) is 43.6. The molecule has 8 aromatic rings. The maximum atomic E-state index is 11.8. The number of furan rings is 2. The van der Waals surface area contributed by atoms with Crippen LogP contribution in [-0.2, 0) is 0 Å². The Morgan fingerprint density at radius 3 is 1.63 bits per heavy atom. The molecule has 0 bridgehead atoms. The van der Waals surface area contributed by atoms with E-state index < -0.39 is 18.3 Å². The van der Waals surface area contributed by atoms with E-state index >= 15 is 0 Å². The molecule has 67 heavy (non-hydrogen) atoms. The lowest BCUT2D eigenvalue weighted by molar-refractivity contribution is 0.0598. The first kappa shape index (κ1) is 46.1. The Bertz CT molecular complexity index is 2940. The molecule has 4 heterocycles. The lowest BCUT2D eigenvalue weighted by Crippen LogP contribution is -2.40. The van der Waals surface area contributed by atoms with Crippen LogP contribution >= 0.6 is 0 Å². The van der Waals surface area contributed by atoms with Gasteiger partial charge in [-0.25, -0.2) is 0 Å². The van der Waals surface area contributed by atoms with Crippen molar-refractivity contribution in [3.8, 4) is 11.5 Å². The third-order valence-corrected chi connectivity index (χ3v) is 13.7. The van der Waals surface area contributed by atoms with Crippen LogP contribution in [0.1, 0.15) is 90.5 Å². The minimum absolute atomic E-state index is 0.105. The Balaban J connectivity index is 0.000000168. The van der Waals surface area contributed by atoms with Crippen molar-refractivity contribution in [3.05, 3.63) is 156 Å². The van der Waals surface area contributed by atoms with Gasteiger partial charge in [0.1, 0.15) is 60.0 Å². The van der Waals surface area contributed by atoms with Gasteiger partial charge in [-0.15, -0.1) is 0 Å². The SMILES string of the molecule is CC(=O)c1oc2cccc(OC[C@@H](O)CN3CCC(c4ccc5ccccc5c4)CC3)c2c1C.CC(O)c1cc2c(OCC(O)CN3CCC(c4ccc5ccccc5c4)CC3)cccc2o1. The van der Waals surface area contributed by atoms with E-state index in [-0.39, 0.29) is 19.0 Å². The highest BCUT2D eigenvalue weighted by molar-refractivity contribution is 6.00. The van der Waals surface area contributed by atoms with Gasteiger partial charge in [0.05, 0.1) is 10.8 Å². The molecule has 2 aromatic heterocycles. The number of β-amino-alcohol motifs (C(OH)–C–C–N with tert-alkyl or cyclic N) is 2. The number of Topliss-reactive ketones (excluding diaryl/α,β-unsaturated/α-hetero) is 1. The lowest BCUT2D eigenvalue weighted by atomic mass is 9.88. The number of piperidine rings is 2. The third-order valence-electron chi connectivity index (χ3n) is 13.7. The summed E-state index contributed by atoms with van der Waals surface area (Å²) >= 11 is 0. The fraction of sp³-hybridized carbons (Fsp3) is 0.351. The Kier molecular flexibility index (Phi) is 14.4. The van der Waals surface area contributed by atoms with Crippen molar-refractivity contribution in [1.82, 2.24) is 9.80 Å². The van der Waals surface area contributed by atoms with Crippen molar-refractivity contribution in [2.45, 2.75) is 76.6 Å². The number of aryl methyl sites for hydroxylation is 1. The maximum absolute atomic E-state index is 11.8. The second-order valence-electron chi connectivity index (χ2n) is 18.5. The van der Waals surface area contributed by atoms with Crippen molar-refractivity contribution >= 4 is 49.3 Å². The van der Waals surface area contributed by atoms with E-state index in [0.29, 0.717) is 59.1 Å². The first-order chi connectivity index (χ1) is 32.6. The molecule has 3 N–H and O–H groups in total. The number of hydrogen-bond acceptors (Lipinski definition) is 10. The van der Waals surface area contributed by atoms with Crippen LogP contribution < -0.4 is 9.47 Å². The van der Waals surface area contributed by atoms with Gasteiger partial charge in [0.25, 0.3) is 0 Å². The normalized spacial score (nSPS) is 16.8. The van der Waals surface area contributed by atoms with Crippen molar-refractivity contribution < 1.29 is 38.4 Å². The molecule has 348 valence electrons. The van der Waals surface area contributed by atoms with Gasteiger partial charge < -0.3 is 43.4 Å². The van der Waals surface area contributed by atoms with Crippen LogP contribution in [-0.4, -0.2) is 95.6 Å². The van der Waals surface area contributed by atoms with Crippen LogP contribution in [0.3, 0.4) is 0 Å². The topological polar surface area (TPSA) is 129 Å². The van der Waals surface area contributed by atoms with E-state index in [1.54, 1.807) is 13.0 Å². The lowest BCUT2D eigenvalue weighted by Gasteiger charge is -2.33. The number of aliphatic hydroxyl groups excluding tert-OH is 3. The molecule has 0 spiro atoms. The Hall–Kier alpha value is -6.01. The van der Waals surface area contributed by atoms with Gasteiger partial charge in [-0.05, 0) is 141 Å². The molecule has 3 atom stereocenters. The first-order valence-corrected chi connectivity index (χ1v) is 23.8. The maximum Gasteiger partial charge on any atom is 0.195 e. The Labute approximate surface area is 392 Å². The van der Waals surface area contributed by atoms with Crippen molar-refractivity contribution in [1.29, 1.82) is 0 Å². The van der Waals surface area contributed by atoms with Gasteiger partial charge in [-0.2, -0.15) is 0 Å². The predicted octanol–water partition coefficient (Wildman–Crippen LogP) is 11.0. The highest BCUT2D eigenvalue weighted by Crippen LogP contribution is 2.35. The number of likely N-dealkylation sites (tertiary alicyclic amines) is 2. The number of ether oxygens (including phenoxy) is 2. The molecule has 10 nitrogen and oxygen atoms in total. The molecular formula is C57H62N2O8. The highest BCUT2D eigenvalue weighted by Gasteiger charge is 2.25. The van der Waals surface area contributed by atoms with E-state index in [2.05, 4.69) is 94.7 Å². The van der Waals surface area contributed by atoms with E-state index in [1.165, 1.54) is 39.6 Å². The largest absolute Gasteiger partial charge is 0.490 e. The number of ketones is 1. The molecule has 0 amide bonds. The van der Waals surface area contributed by atoms with Crippen molar-refractivity contribution in [2.75, 3.05) is 52.5 Å². The molecule has 2 aliphatic heterocycles. The van der Waals surface area contributed by atoms with E-state index in [4.69, 9.17) is 18.3 Å². The van der Waals surface area contributed by atoms with Gasteiger partial charge in [0, 0.05) is 25.6 Å². The molecule has 6 aromatic carbocycles. The minimum atomic E-state index is -0.673. The minimum Gasteiger partial charge on any atom is -0.490 e. The summed E-state index contributed by atoms with van der Waals surface area (Å²) < 4.78 is 23.3. The van der Waals surface area contributed by atoms with E-state index in [9.17, 15) is 20.1 Å². The van der Waals surface area contributed by atoms with Gasteiger partial charge in [-0.1, -0.05) is 97.1 Å². The molecular weight excluding hydrogens is 841 g/mol. The number of rotatable bonds is 14. The monoisotopic (exact) mass is 902 g/mol. The molecule has 0 aliphatic carbocycles. The molecule has 2 unspecified atom stereocenters. The van der Waals surface area contributed by atoms with Gasteiger partial charge >= 0.3 is 0 Å². The predicted molar refractivity (Wildman–Crippen MR) is 266 cm³/mol. The quantitative estimate of drug-likeness (QED) is 0.0907. The zero-order valence-electron chi connectivity index (χ0n) is 38.8. The van der Waals surface area contributed by atoms with Crippen molar-refractivity contribution in [3.63, 3.8) is 0 Å². The summed E-state index contributed by atoms with van der Waals surface area (Å²) in [5, 5.41) is 37.8. The molecule has 0 saturated carbocycles. The standard InChI is InChI=1S/C29H31NO4.C28H31NO4/c1-19-28-26(8-5-9-27(28)34-29(19)20(2)31)33-18-25(32)17-30-14-12-22(13-15-30)24-11-10-21-6-3-4-7-23(21)16-24;1-19(30)28-16-25-26(7-4-8-27(25)33-28)32-18-24(31)17-29-13-11-21(12-14-29)23-10-9-20-5-2-3-6-22(20)15-23/h3-11,16,22,25,32H,12-15,17-18H2,1-2H3;2-10,15-16,19,21,24,30-31H,11-14,17-18H2,1H3/t25-;/m0./s1. The number of aliphatic hydroxyl groups is 3. The molecule has 10 heteroatoms. The van der Waals surface area contributed by atoms with Crippen LogP contribution in [0.5, 0.6) is 11.5 Å². The molecule has 2 aliphatic rings. The second kappa shape index (κ2) is 20.9. The van der Waals surface area contributed by atoms with Crippen LogP contribution in [0.25, 0.3) is 43.5 Å². The molecule has 10 rings (SSSR count). The van der Waals surface area contributed by atoms with Crippen molar-refractivity contribution in [2.24, 2.45) is 0 Å². The number of nitrogens with zero attached hydrogens (tertiary/aromatic N) is 2. The second-order valence-corrected chi connectivity index (χ2v) is 18.5. The van der Waals surface area contributed by atoms with Gasteiger partial charge in [-0.3, -0.25) is 4.79 Å². The number of benzene rings is 6. The summed E-state index contributed by atoms with van der Waals surface area (Å²) in [6.45, 7) is 10.5. The average Bonchev–Trinajstić information content (AvgIpc) is 3.95. The van der Waals surface area contributed by atoms with Gasteiger partial charge in [0.2, 0.25) is 0 Å². The molecule has 0 radical (unpaired) electrons. The van der Waals surface area contributed by atoms with E-state index in [1.807, 2.05) is 43.3 Å². The number of carbonyl (C=O) groups is 1. The highest BCUT2D eigenvalue weighted by atomic mass is 16.5. The molecule has 2 saturated heterocycles. The first-order valence-electron chi connectivity index (χ1n) is 23.8.